The molecule has 7 nitrogen and oxygen atoms in total. The van der Waals surface area contributed by atoms with Gasteiger partial charge >= 0.3 is 0 Å². The molecule has 0 radical (unpaired) electrons. The third-order valence-electron chi connectivity index (χ3n) is 5.13. The normalized spacial score (nSPS) is 17.2. The number of nitrogens with one attached hydrogen (secondary N) is 4. The van der Waals surface area contributed by atoms with Crippen LogP contribution in [0, 0.1) is 5.82 Å². The van der Waals surface area contributed by atoms with E-state index in [0.717, 1.165) is 36.8 Å². The number of amides is 1. The van der Waals surface area contributed by atoms with Crippen LogP contribution in [0.1, 0.15) is 23.2 Å². The van der Waals surface area contributed by atoms with E-state index in [-0.39, 0.29) is 17.8 Å². The van der Waals surface area contributed by atoms with Gasteiger partial charge in [0.1, 0.15) is 11.5 Å². The Hall–Kier alpha value is -3.26. The summed E-state index contributed by atoms with van der Waals surface area (Å²) in [5.41, 5.74) is 3.23. The molecule has 2 aromatic carbocycles. The molecular formula is C20H19FN6O. The molecule has 4 aromatic rings. The van der Waals surface area contributed by atoms with E-state index in [4.69, 9.17) is 0 Å². The minimum Gasteiger partial charge on any atom is -0.348 e. The predicted octanol–water partition coefficient (Wildman–Crippen LogP) is 2.73. The molecule has 0 unspecified atom stereocenters. The largest absolute Gasteiger partial charge is 0.348 e. The first-order chi connectivity index (χ1) is 13.7. The Labute approximate surface area is 159 Å². The Morgan fingerprint density at radius 3 is 2.96 bits per heavy atom. The molecular weight excluding hydrogens is 359 g/mol. The molecule has 4 N–H and O–H groups in total. The highest BCUT2D eigenvalue weighted by Gasteiger charge is 2.18. The van der Waals surface area contributed by atoms with Crippen LogP contribution in [0.15, 0.2) is 36.4 Å². The fourth-order valence-electron chi connectivity index (χ4n) is 3.67. The zero-order chi connectivity index (χ0) is 19.1. The number of piperidine rings is 1. The number of hydrogen-bond donors (Lipinski definition) is 4. The molecule has 0 spiro atoms. The standard InChI is InChI=1S/C20H19FN6O/c21-12-4-6-16-17(9-12)25-19(24-16)18-14-8-11(3-5-15(14)26-27-18)20(28)23-13-2-1-7-22-10-13/h3-6,8-9,13,22H,1-2,7,10H2,(H,23,28)(H,24,25)(H,26,27)/t13-/m1/s1. The van der Waals surface area contributed by atoms with Crippen LogP contribution in [0.25, 0.3) is 33.5 Å². The van der Waals surface area contributed by atoms with Gasteiger partial charge in [-0.2, -0.15) is 5.10 Å². The maximum Gasteiger partial charge on any atom is 0.251 e. The topological polar surface area (TPSA) is 98.5 Å². The van der Waals surface area contributed by atoms with Gasteiger partial charge in [0.25, 0.3) is 5.91 Å². The van der Waals surface area contributed by atoms with Crippen LogP contribution >= 0.6 is 0 Å². The molecule has 1 aliphatic heterocycles. The third-order valence-corrected chi connectivity index (χ3v) is 5.13. The molecule has 0 aliphatic carbocycles. The number of carbonyl (C=O) groups excluding carboxylic acids is 1. The average Bonchev–Trinajstić information content (AvgIpc) is 3.31. The van der Waals surface area contributed by atoms with Gasteiger partial charge in [-0.25, -0.2) is 9.37 Å². The van der Waals surface area contributed by atoms with E-state index < -0.39 is 0 Å². The van der Waals surface area contributed by atoms with Gasteiger partial charge in [-0.3, -0.25) is 9.89 Å². The Balaban J connectivity index is 1.49. The van der Waals surface area contributed by atoms with Crippen LogP contribution in [0.5, 0.6) is 0 Å². The van der Waals surface area contributed by atoms with Crippen LogP contribution in [0.2, 0.25) is 0 Å². The van der Waals surface area contributed by atoms with Crippen molar-refractivity contribution in [2.75, 3.05) is 13.1 Å². The van der Waals surface area contributed by atoms with Gasteiger partial charge in [0.2, 0.25) is 0 Å². The smallest absolute Gasteiger partial charge is 0.251 e. The predicted molar refractivity (Wildman–Crippen MR) is 104 cm³/mol. The molecule has 0 saturated carbocycles. The van der Waals surface area contributed by atoms with Crippen molar-refractivity contribution in [2.45, 2.75) is 18.9 Å². The fraction of sp³-hybridized carbons (Fsp3) is 0.250. The third kappa shape index (κ3) is 3.01. The zero-order valence-corrected chi connectivity index (χ0v) is 15.1. The van der Waals surface area contributed by atoms with Crippen molar-refractivity contribution in [3.8, 4) is 11.5 Å². The number of halogens is 1. The summed E-state index contributed by atoms with van der Waals surface area (Å²) in [6, 6.07) is 9.97. The molecule has 2 aromatic heterocycles. The second kappa shape index (κ2) is 6.72. The first-order valence-corrected chi connectivity index (χ1v) is 9.33. The zero-order valence-electron chi connectivity index (χ0n) is 15.1. The summed E-state index contributed by atoms with van der Waals surface area (Å²) < 4.78 is 13.5. The highest BCUT2D eigenvalue weighted by atomic mass is 19.1. The number of carbonyl (C=O) groups is 1. The number of nitrogens with zero attached hydrogens (tertiary/aromatic N) is 2. The lowest BCUT2D eigenvalue weighted by atomic mass is 10.1. The molecule has 28 heavy (non-hydrogen) atoms. The molecule has 1 aliphatic rings. The van der Waals surface area contributed by atoms with Gasteiger partial charge in [-0.05, 0) is 55.8 Å². The minimum atomic E-state index is -0.328. The Morgan fingerprint density at radius 1 is 1.18 bits per heavy atom. The number of H-pyrrole nitrogens is 2. The number of aromatic nitrogens is 4. The first-order valence-electron chi connectivity index (χ1n) is 9.33. The van der Waals surface area contributed by atoms with Gasteiger partial charge < -0.3 is 15.6 Å². The van der Waals surface area contributed by atoms with E-state index >= 15 is 0 Å². The quantitative estimate of drug-likeness (QED) is 0.441. The monoisotopic (exact) mass is 378 g/mol. The fourth-order valence-corrected chi connectivity index (χ4v) is 3.67. The summed E-state index contributed by atoms with van der Waals surface area (Å²) in [4.78, 5) is 20.3. The number of hydrogen-bond acceptors (Lipinski definition) is 4. The van der Waals surface area contributed by atoms with Gasteiger partial charge in [0.05, 0.1) is 16.6 Å². The van der Waals surface area contributed by atoms with Crippen LogP contribution in [-0.4, -0.2) is 45.2 Å². The second-order valence-corrected chi connectivity index (χ2v) is 7.10. The average molecular weight is 378 g/mol. The van der Waals surface area contributed by atoms with Crippen LogP contribution in [-0.2, 0) is 0 Å². The van der Waals surface area contributed by atoms with E-state index in [0.29, 0.717) is 28.1 Å². The van der Waals surface area contributed by atoms with Crippen molar-refractivity contribution >= 4 is 27.8 Å². The van der Waals surface area contributed by atoms with Crippen LogP contribution < -0.4 is 10.6 Å². The Morgan fingerprint density at radius 2 is 2.11 bits per heavy atom. The van der Waals surface area contributed by atoms with Crippen molar-refractivity contribution in [3.63, 3.8) is 0 Å². The minimum absolute atomic E-state index is 0.102. The van der Waals surface area contributed by atoms with E-state index in [1.54, 1.807) is 12.1 Å². The number of aromatic amines is 2. The molecule has 1 amide bonds. The molecule has 5 rings (SSSR count). The Bertz CT molecular complexity index is 1170. The van der Waals surface area contributed by atoms with Crippen molar-refractivity contribution < 1.29 is 9.18 Å². The molecule has 1 atom stereocenters. The lowest BCUT2D eigenvalue weighted by Gasteiger charge is -2.23. The molecule has 3 heterocycles. The lowest BCUT2D eigenvalue weighted by molar-refractivity contribution is 0.0931. The van der Waals surface area contributed by atoms with Crippen molar-refractivity contribution in [2.24, 2.45) is 0 Å². The number of benzene rings is 2. The number of fused-ring (bicyclic) bond motifs is 2. The summed E-state index contributed by atoms with van der Waals surface area (Å²) in [7, 11) is 0. The highest BCUT2D eigenvalue weighted by Crippen LogP contribution is 2.27. The van der Waals surface area contributed by atoms with Gasteiger partial charge in [0.15, 0.2) is 5.82 Å². The summed E-state index contributed by atoms with van der Waals surface area (Å²) >= 11 is 0. The second-order valence-electron chi connectivity index (χ2n) is 7.10. The van der Waals surface area contributed by atoms with Gasteiger partial charge in [-0.1, -0.05) is 0 Å². The molecule has 8 heteroatoms. The molecule has 1 saturated heterocycles. The Kier molecular flexibility index (Phi) is 4.05. The van der Waals surface area contributed by atoms with Gasteiger partial charge in [-0.15, -0.1) is 0 Å². The summed E-state index contributed by atoms with van der Waals surface area (Å²) in [6.07, 6.45) is 2.04. The number of rotatable bonds is 3. The SMILES string of the molecule is O=C(N[C@@H]1CCCNC1)c1ccc2[nH]nc(-c3nc4ccc(F)cc4[nH]3)c2c1. The highest BCUT2D eigenvalue weighted by molar-refractivity contribution is 6.01. The summed E-state index contributed by atoms with van der Waals surface area (Å²) in [5.74, 6) is 0.0982. The van der Waals surface area contributed by atoms with E-state index in [1.165, 1.54) is 12.1 Å². The van der Waals surface area contributed by atoms with Gasteiger partial charge in [0, 0.05) is 23.5 Å². The van der Waals surface area contributed by atoms with Crippen molar-refractivity contribution in [1.82, 2.24) is 30.8 Å². The van der Waals surface area contributed by atoms with E-state index in [2.05, 4.69) is 30.8 Å². The lowest BCUT2D eigenvalue weighted by Crippen LogP contribution is -2.45. The molecule has 0 bridgehead atoms. The van der Waals surface area contributed by atoms with Crippen LogP contribution in [0.3, 0.4) is 0 Å². The maximum absolute atomic E-state index is 13.5. The van der Waals surface area contributed by atoms with Crippen molar-refractivity contribution in [1.29, 1.82) is 0 Å². The van der Waals surface area contributed by atoms with E-state index in [9.17, 15) is 9.18 Å². The molecule has 1 fully saturated rings. The van der Waals surface area contributed by atoms with E-state index in [1.807, 2.05) is 12.1 Å². The molecule has 142 valence electrons. The summed E-state index contributed by atoms with van der Waals surface area (Å²) in [5, 5.41) is 14.5. The van der Waals surface area contributed by atoms with Crippen LogP contribution in [0.4, 0.5) is 4.39 Å². The maximum atomic E-state index is 13.5. The first kappa shape index (κ1) is 16.9. The summed E-state index contributed by atoms with van der Waals surface area (Å²) in [6.45, 7) is 1.79. The number of imidazole rings is 1. The van der Waals surface area contributed by atoms with Crippen molar-refractivity contribution in [3.05, 3.63) is 47.8 Å².